The first-order valence-electron chi connectivity index (χ1n) is 4.95. The summed E-state index contributed by atoms with van der Waals surface area (Å²) in [5.74, 6) is 0.600. The fraction of sp³-hybridized carbons (Fsp3) is 0.0909. The highest BCUT2D eigenvalue weighted by molar-refractivity contribution is 5.78. The van der Waals surface area contributed by atoms with Gasteiger partial charge in [-0.3, -0.25) is 9.48 Å². The first-order valence-corrected chi connectivity index (χ1v) is 4.95. The second-order valence-electron chi connectivity index (χ2n) is 3.65. The van der Waals surface area contributed by atoms with Gasteiger partial charge in [0.25, 0.3) is 5.56 Å². The summed E-state index contributed by atoms with van der Waals surface area (Å²) in [4.78, 5) is 19.2. The van der Waals surface area contributed by atoms with Gasteiger partial charge in [0, 0.05) is 13.2 Å². The van der Waals surface area contributed by atoms with E-state index in [1.807, 2.05) is 24.3 Å². The smallest absolute Gasteiger partial charge is 0.277 e. The standard InChI is InChI=1S/C11H10N4O/c1-15-11(16)7(6-12-15)10-13-8-4-2-3-5-9(8)14-10/h2-6,12H,1H3,(H,13,14). The molecule has 0 saturated heterocycles. The Morgan fingerprint density at radius 3 is 2.81 bits per heavy atom. The van der Waals surface area contributed by atoms with E-state index in [1.54, 1.807) is 13.2 Å². The maximum Gasteiger partial charge on any atom is 0.277 e. The van der Waals surface area contributed by atoms with Gasteiger partial charge in [-0.1, -0.05) is 12.1 Å². The highest BCUT2D eigenvalue weighted by atomic mass is 16.1. The van der Waals surface area contributed by atoms with Crippen molar-refractivity contribution in [1.29, 1.82) is 0 Å². The number of aromatic amines is 2. The molecule has 0 spiro atoms. The zero-order valence-electron chi connectivity index (χ0n) is 8.69. The molecule has 0 saturated carbocycles. The monoisotopic (exact) mass is 214 g/mol. The molecule has 2 N–H and O–H groups in total. The summed E-state index contributed by atoms with van der Waals surface area (Å²) in [5, 5.41) is 2.82. The molecule has 0 radical (unpaired) electrons. The van der Waals surface area contributed by atoms with Crippen molar-refractivity contribution in [3.05, 3.63) is 40.8 Å². The van der Waals surface area contributed by atoms with E-state index in [0.29, 0.717) is 11.4 Å². The lowest BCUT2D eigenvalue weighted by molar-refractivity contribution is 0.740. The van der Waals surface area contributed by atoms with E-state index in [1.165, 1.54) is 4.68 Å². The van der Waals surface area contributed by atoms with Gasteiger partial charge in [-0.05, 0) is 12.1 Å². The van der Waals surface area contributed by atoms with E-state index in [-0.39, 0.29) is 5.56 Å². The number of nitrogens with one attached hydrogen (secondary N) is 2. The minimum absolute atomic E-state index is 0.0842. The Labute approximate surface area is 90.7 Å². The molecule has 3 rings (SSSR count). The van der Waals surface area contributed by atoms with Crippen molar-refractivity contribution in [3.63, 3.8) is 0 Å². The number of imidazole rings is 1. The minimum Gasteiger partial charge on any atom is -0.338 e. The third-order valence-corrected chi connectivity index (χ3v) is 2.58. The van der Waals surface area contributed by atoms with Crippen LogP contribution in [0.15, 0.2) is 35.3 Å². The number of aryl methyl sites for hydroxylation is 1. The fourth-order valence-electron chi connectivity index (χ4n) is 1.71. The normalized spacial score (nSPS) is 11.1. The van der Waals surface area contributed by atoms with Crippen LogP contribution in [0.4, 0.5) is 0 Å². The van der Waals surface area contributed by atoms with Crippen molar-refractivity contribution < 1.29 is 0 Å². The Hall–Kier alpha value is -2.30. The molecule has 5 nitrogen and oxygen atoms in total. The summed E-state index contributed by atoms with van der Waals surface area (Å²) < 4.78 is 1.42. The van der Waals surface area contributed by atoms with Crippen LogP contribution < -0.4 is 5.56 Å². The lowest BCUT2D eigenvalue weighted by Gasteiger charge is -1.86. The third kappa shape index (κ3) is 1.18. The van der Waals surface area contributed by atoms with Gasteiger partial charge >= 0.3 is 0 Å². The van der Waals surface area contributed by atoms with Crippen molar-refractivity contribution in [3.8, 4) is 11.4 Å². The van der Waals surface area contributed by atoms with Crippen molar-refractivity contribution in [2.45, 2.75) is 0 Å². The Bertz CT molecular complexity index is 671. The highest BCUT2D eigenvalue weighted by Gasteiger charge is 2.10. The Morgan fingerprint density at radius 1 is 1.31 bits per heavy atom. The van der Waals surface area contributed by atoms with Crippen LogP contribution >= 0.6 is 0 Å². The number of benzene rings is 1. The van der Waals surface area contributed by atoms with Crippen LogP contribution in [0.5, 0.6) is 0 Å². The molecule has 0 aliphatic rings. The zero-order valence-corrected chi connectivity index (χ0v) is 8.69. The van der Waals surface area contributed by atoms with E-state index in [2.05, 4.69) is 15.1 Å². The molecule has 0 fully saturated rings. The van der Waals surface area contributed by atoms with Gasteiger partial charge in [0.15, 0.2) is 0 Å². The first-order chi connectivity index (χ1) is 7.75. The van der Waals surface area contributed by atoms with Crippen LogP contribution in [0.3, 0.4) is 0 Å². The lowest BCUT2D eigenvalue weighted by atomic mass is 10.3. The van der Waals surface area contributed by atoms with Crippen molar-refractivity contribution in [2.24, 2.45) is 7.05 Å². The quantitative estimate of drug-likeness (QED) is 0.640. The molecule has 0 amide bonds. The molecular formula is C11H10N4O. The summed E-state index contributed by atoms with van der Waals surface area (Å²) in [6.07, 6.45) is 1.65. The Balaban J connectivity index is 2.27. The van der Waals surface area contributed by atoms with Crippen LogP contribution in [-0.2, 0) is 7.05 Å². The van der Waals surface area contributed by atoms with Crippen LogP contribution in [0.1, 0.15) is 0 Å². The summed E-state index contributed by atoms with van der Waals surface area (Å²) in [5.41, 5.74) is 2.26. The molecule has 0 unspecified atom stereocenters. The molecule has 0 bridgehead atoms. The summed E-state index contributed by atoms with van der Waals surface area (Å²) in [6.45, 7) is 0. The molecule has 5 heteroatoms. The van der Waals surface area contributed by atoms with Gasteiger partial charge in [0.1, 0.15) is 11.4 Å². The number of nitrogens with zero attached hydrogens (tertiary/aromatic N) is 2. The molecule has 0 atom stereocenters. The van der Waals surface area contributed by atoms with Crippen LogP contribution in [0.25, 0.3) is 22.4 Å². The maximum absolute atomic E-state index is 11.7. The zero-order chi connectivity index (χ0) is 11.1. The lowest BCUT2D eigenvalue weighted by Crippen LogP contribution is -2.13. The van der Waals surface area contributed by atoms with Crippen LogP contribution in [0.2, 0.25) is 0 Å². The summed E-state index contributed by atoms with van der Waals surface area (Å²) in [6, 6.07) is 7.69. The predicted molar refractivity (Wildman–Crippen MR) is 61.1 cm³/mol. The highest BCUT2D eigenvalue weighted by Crippen LogP contribution is 2.16. The minimum atomic E-state index is -0.0842. The second kappa shape index (κ2) is 3.10. The predicted octanol–water partition coefficient (Wildman–Crippen LogP) is 1.26. The number of hydrogen-bond donors (Lipinski definition) is 2. The summed E-state index contributed by atoms with van der Waals surface area (Å²) in [7, 11) is 1.68. The molecule has 1 aromatic carbocycles. The largest absolute Gasteiger partial charge is 0.338 e. The number of aromatic nitrogens is 4. The van der Waals surface area contributed by atoms with Gasteiger partial charge in [0.05, 0.1) is 11.0 Å². The van der Waals surface area contributed by atoms with Crippen molar-refractivity contribution >= 4 is 11.0 Å². The van der Waals surface area contributed by atoms with Gasteiger partial charge in [-0.25, -0.2) is 4.98 Å². The molecule has 3 aromatic rings. The number of hydrogen-bond acceptors (Lipinski definition) is 2. The number of fused-ring (bicyclic) bond motifs is 1. The van der Waals surface area contributed by atoms with E-state index in [0.717, 1.165) is 11.0 Å². The number of rotatable bonds is 1. The SMILES string of the molecule is Cn1[nH]cc(-c2nc3ccccc3[nH]2)c1=O. The first kappa shape index (κ1) is 8.96. The molecule has 2 aromatic heterocycles. The maximum atomic E-state index is 11.7. The summed E-state index contributed by atoms with van der Waals surface area (Å²) >= 11 is 0. The van der Waals surface area contributed by atoms with E-state index < -0.39 is 0 Å². The van der Waals surface area contributed by atoms with Gasteiger partial charge in [-0.2, -0.15) is 0 Å². The van der Waals surface area contributed by atoms with Gasteiger partial charge < -0.3 is 10.1 Å². The van der Waals surface area contributed by atoms with Crippen LogP contribution in [-0.4, -0.2) is 19.7 Å². The van der Waals surface area contributed by atoms with Crippen molar-refractivity contribution in [2.75, 3.05) is 0 Å². The van der Waals surface area contributed by atoms with E-state index in [4.69, 9.17) is 0 Å². The topological polar surface area (TPSA) is 66.5 Å². The average Bonchev–Trinajstić information content (AvgIpc) is 2.84. The third-order valence-electron chi connectivity index (χ3n) is 2.58. The molecule has 0 aliphatic heterocycles. The Kier molecular flexibility index (Phi) is 1.73. The van der Waals surface area contributed by atoms with Crippen molar-refractivity contribution in [1.82, 2.24) is 19.7 Å². The molecule has 80 valence electrons. The van der Waals surface area contributed by atoms with Gasteiger partial charge in [-0.15, -0.1) is 0 Å². The number of para-hydroxylation sites is 2. The molecule has 2 heterocycles. The van der Waals surface area contributed by atoms with Gasteiger partial charge in [0.2, 0.25) is 0 Å². The molecular weight excluding hydrogens is 204 g/mol. The average molecular weight is 214 g/mol. The Morgan fingerprint density at radius 2 is 2.12 bits per heavy atom. The fourth-order valence-corrected chi connectivity index (χ4v) is 1.71. The van der Waals surface area contributed by atoms with Crippen LogP contribution in [0, 0.1) is 0 Å². The van der Waals surface area contributed by atoms with E-state index >= 15 is 0 Å². The number of H-pyrrole nitrogens is 2. The van der Waals surface area contributed by atoms with E-state index in [9.17, 15) is 4.79 Å². The second-order valence-corrected chi connectivity index (χ2v) is 3.65. The molecule has 0 aliphatic carbocycles. The molecule has 16 heavy (non-hydrogen) atoms.